The molecule has 25 heavy (non-hydrogen) atoms. The first kappa shape index (κ1) is 16.4. The number of amides is 1. The fraction of sp³-hybridized carbons (Fsp3) is 0.524. The Bertz CT molecular complexity index is 724. The molecule has 1 aliphatic heterocycles. The van der Waals surface area contributed by atoms with Crippen LogP contribution in [0.1, 0.15) is 50.5 Å². The van der Waals surface area contributed by atoms with Crippen LogP contribution in [0.3, 0.4) is 0 Å². The topological polar surface area (TPSA) is 57.6 Å². The average molecular weight is 339 g/mol. The van der Waals surface area contributed by atoms with Crippen molar-refractivity contribution in [3.8, 4) is 0 Å². The number of hydrogen-bond acceptors (Lipinski definition) is 3. The number of rotatable bonds is 4. The van der Waals surface area contributed by atoms with Crippen molar-refractivity contribution in [1.82, 2.24) is 0 Å². The number of benzene rings is 1. The number of aliphatic hydroxyl groups excluding tert-OH is 1. The molecule has 4 heteroatoms. The van der Waals surface area contributed by atoms with Gasteiger partial charge in [-0.05, 0) is 50.7 Å². The second-order valence-electron chi connectivity index (χ2n) is 7.75. The van der Waals surface area contributed by atoms with Crippen molar-refractivity contribution in [3.05, 3.63) is 41.2 Å². The highest BCUT2D eigenvalue weighted by atomic mass is 16.3. The highest BCUT2D eigenvalue weighted by Gasteiger charge is 2.49. The Hall–Kier alpha value is -2.10. The summed E-state index contributed by atoms with van der Waals surface area (Å²) in [5.74, 6) is -0.470. The molecule has 0 bridgehead atoms. The minimum Gasteiger partial charge on any atom is -0.503 e. The maximum atomic E-state index is 12.9. The van der Waals surface area contributed by atoms with Crippen LogP contribution in [0.2, 0.25) is 0 Å². The number of Topliss-reactive ketones (excluding diaryl/α,β-unsaturated/α-hetero) is 1. The van der Waals surface area contributed by atoms with Gasteiger partial charge in [0, 0.05) is 11.6 Å². The summed E-state index contributed by atoms with van der Waals surface area (Å²) in [5, 5.41) is 10.6. The lowest BCUT2D eigenvalue weighted by atomic mass is 9.79. The van der Waals surface area contributed by atoms with E-state index in [1.54, 1.807) is 4.90 Å². The molecule has 0 aromatic heterocycles. The van der Waals surface area contributed by atoms with Crippen LogP contribution >= 0.6 is 0 Å². The summed E-state index contributed by atoms with van der Waals surface area (Å²) in [7, 11) is 0. The predicted octanol–water partition coefficient (Wildman–Crippen LogP) is 4.08. The molecule has 0 saturated heterocycles. The van der Waals surface area contributed by atoms with Gasteiger partial charge < -0.3 is 5.11 Å². The molecular weight excluding hydrogens is 314 g/mol. The van der Waals surface area contributed by atoms with Crippen LogP contribution in [0.15, 0.2) is 35.6 Å². The summed E-state index contributed by atoms with van der Waals surface area (Å²) in [5.41, 5.74) is 2.28. The van der Waals surface area contributed by atoms with E-state index in [1.165, 1.54) is 6.42 Å². The first-order chi connectivity index (χ1) is 12.1. The first-order valence-corrected chi connectivity index (χ1v) is 9.45. The molecule has 132 valence electrons. The predicted molar refractivity (Wildman–Crippen MR) is 96.4 cm³/mol. The van der Waals surface area contributed by atoms with Gasteiger partial charge in [0.25, 0.3) is 5.91 Å². The van der Waals surface area contributed by atoms with E-state index in [0.717, 1.165) is 49.8 Å². The number of nitrogens with zero attached hydrogens (tertiary/aromatic N) is 1. The van der Waals surface area contributed by atoms with Crippen molar-refractivity contribution in [2.45, 2.75) is 57.9 Å². The zero-order chi connectivity index (χ0) is 17.6. The number of carbonyl (C=O) groups excluding carboxylic acids is 2. The Morgan fingerprint density at radius 1 is 1.04 bits per heavy atom. The molecule has 1 unspecified atom stereocenters. The summed E-state index contributed by atoms with van der Waals surface area (Å²) < 4.78 is 0. The summed E-state index contributed by atoms with van der Waals surface area (Å²) >= 11 is 0. The zero-order valence-corrected chi connectivity index (χ0v) is 14.7. The maximum absolute atomic E-state index is 12.9. The van der Waals surface area contributed by atoms with Gasteiger partial charge in [-0.15, -0.1) is 0 Å². The summed E-state index contributed by atoms with van der Waals surface area (Å²) in [6.45, 7) is 2.01. The van der Waals surface area contributed by atoms with Gasteiger partial charge in [-0.25, -0.2) is 0 Å². The van der Waals surface area contributed by atoms with Crippen molar-refractivity contribution >= 4 is 17.4 Å². The van der Waals surface area contributed by atoms with Gasteiger partial charge in [-0.2, -0.15) is 0 Å². The van der Waals surface area contributed by atoms with Crippen LogP contribution in [0.4, 0.5) is 5.69 Å². The second kappa shape index (κ2) is 6.32. The van der Waals surface area contributed by atoms with Gasteiger partial charge in [0.05, 0.1) is 11.6 Å². The number of hydrogen-bond donors (Lipinski definition) is 1. The number of ketones is 1. The third-order valence-electron chi connectivity index (χ3n) is 5.87. The van der Waals surface area contributed by atoms with Crippen molar-refractivity contribution in [3.63, 3.8) is 0 Å². The lowest BCUT2D eigenvalue weighted by Gasteiger charge is -2.35. The molecule has 1 heterocycles. The molecule has 0 spiro atoms. The van der Waals surface area contributed by atoms with E-state index in [2.05, 4.69) is 0 Å². The van der Waals surface area contributed by atoms with Gasteiger partial charge >= 0.3 is 0 Å². The minimum atomic E-state index is -0.413. The fourth-order valence-electron chi connectivity index (χ4n) is 4.33. The van der Waals surface area contributed by atoms with E-state index in [0.29, 0.717) is 5.57 Å². The third kappa shape index (κ3) is 2.88. The Balaban J connectivity index is 1.75. The quantitative estimate of drug-likeness (QED) is 0.899. The van der Waals surface area contributed by atoms with Crippen LogP contribution in [0.5, 0.6) is 0 Å². The third-order valence-corrected chi connectivity index (χ3v) is 5.87. The SMILES string of the molecule is Cc1ccc(N2C(=O)C(O)=C(C(=O)C3CC3)C2C2CCCCC2)cc1. The van der Waals surface area contributed by atoms with E-state index in [9.17, 15) is 14.7 Å². The summed E-state index contributed by atoms with van der Waals surface area (Å²) in [4.78, 5) is 27.4. The Labute approximate surface area is 148 Å². The molecular formula is C21H25NO3. The molecule has 0 radical (unpaired) electrons. The zero-order valence-electron chi connectivity index (χ0n) is 14.7. The van der Waals surface area contributed by atoms with E-state index in [-0.39, 0.29) is 29.4 Å². The fourth-order valence-corrected chi connectivity index (χ4v) is 4.33. The molecule has 1 atom stereocenters. The van der Waals surface area contributed by atoms with E-state index in [4.69, 9.17) is 0 Å². The van der Waals surface area contributed by atoms with Crippen LogP contribution < -0.4 is 4.90 Å². The maximum Gasteiger partial charge on any atom is 0.294 e. The van der Waals surface area contributed by atoms with Crippen molar-refractivity contribution in [2.75, 3.05) is 4.90 Å². The highest BCUT2D eigenvalue weighted by molar-refractivity contribution is 6.17. The first-order valence-electron chi connectivity index (χ1n) is 9.45. The molecule has 1 aromatic carbocycles. The van der Waals surface area contributed by atoms with E-state index < -0.39 is 5.91 Å². The number of anilines is 1. The minimum absolute atomic E-state index is 0.00367. The lowest BCUT2D eigenvalue weighted by Crippen LogP contribution is -2.43. The van der Waals surface area contributed by atoms with Gasteiger partial charge in [-0.1, -0.05) is 37.0 Å². The number of carbonyl (C=O) groups is 2. The van der Waals surface area contributed by atoms with Crippen LogP contribution in [-0.2, 0) is 9.59 Å². The van der Waals surface area contributed by atoms with Crippen molar-refractivity contribution in [2.24, 2.45) is 11.8 Å². The molecule has 4 nitrogen and oxygen atoms in total. The monoisotopic (exact) mass is 339 g/mol. The molecule has 2 aliphatic carbocycles. The van der Waals surface area contributed by atoms with Gasteiger partial charge in [0.1, 0.15) is 0 Å². The molecule has 2 saturated carbocycles. The standard InChI is InChI=1S/C21H25NO3/c1-13-7-11-16(12-8-13)22-18(14-5-3-2-4-6-14)17(20(24)21(22)25)19(23)15-9-10-15/h7-8,11-12,14-15,18,24H,2-6,9-10H2,1H3. The van der Waals surface area contributed by atoms with Gasteiger partial charge in [0.15, 0.2) is 11.5 Å². The van der Waals surface area contributed by atoms with Crippen molar-refractivity contribution < 1.29 is 14.7 Å². The number of aryl methyl sites for hydroxylation is 1. The smallest absolute Gasteiger partial charge is 0.294 e. The summed E-state index contributed by atoms with van der Waals surface area (Å²) in [6, 6.07) is 7.47. The Morgan fingerprint density at radius 2 is 1.68 bits per heavy atom. The Kier molecular flexibility index (Phi) is 4.14. The van der Waals surface area contributed by atoms with Crippen molar-refractivity contribution in [1.29, 1.82) is 0 Å². The van der Waals surface area contributed by atoms with E-state index in [1.807, 2.05) is 31.2 Å². The lowest BCUT2D eigenvalue weighted by molar-refractivity contribution is -0.118. The van der Waals surface area contributed by atoms with Gasteiger partial charge in [0.2, 0.25) is 0 Å². The molecule has 3 aliphatic rings. The number of aliphatic hydroxyl groups is 1. The van der Waals surface area contributed by atoms with Crippen LogP contribution in [-0.4, -0.2) is 22.8 Å². The molecule has 2 fully saturated rings. The largest absolute Gasteiger partial charge is 0.503 e. The highest BCUT2D eigenvalue weighted by Crippen LogP contribution is 2.43. The molecule has 4 rings (SSSR count). The second-order valence-corrected chi connectivity index (χ2v) is 7.75. The normalized spacial score (nSPS) is 24.9. The molecule has 1 aromatic rings. The van der Waals surface area contributed by atoms with E-state index >= 15 is 0 Å². The van der Waals surface area contributed by atoms with Gasteiger partial charge in [-0.3, -0.25) is 14.5 Å². The molecule has 1 amide bonds. The summed E-state index contributed by atoms with van der Waals surface area (Å²) in [6.07, 6.45) is 7.25. The Morgan fingerprint density at radius 3 is 2.28 bits per heavy atom. The van der Waals surface area contributed by atoms with Crippen LogP contribution in [0, 0.1) is 18.8 Å². The molecule has 1 N–H and O–H groups in total. The van der Waals surface area contributed by atoms with Crippen LogP contribution in [0.25, 0.3) is 0 Å². The average Bonchev–Trinajstić information content (AvgIpc) is 3.44.